The smallest absolute Gasteiger partial charge is 0.191 e. The minimum Gasteiger partial charge on any atom is -0.494 e. The van der Waals surface area contributed by atoms with Crippen molar-refractivity contribution in [3.63, 3.8) is 0 Å². The maximum atomic E-state index is 13.8. The number of benzene rings is 1. The SMILES string of the molecule is COc1ccc(CSc2nnc(-c3sc4ncccc4c3N)n2C)cc1F. The Morgan fingerprint density at radius 2 is 2.15 bits per heavy atom. The number of aromatic nitrogens is 4. The van der Waals surface area contributed by atoms with E-state index < -0.39 is 0 Å². The van der Waals surface area contributed by atoms with Crippen LogP contribution in [-0.2, 0) is 12.8 Å². The van der Waals surface area contributed by atoms with Crippen molar-refractivity contribution in [2.24, 2.45) is 7.05 Å². The van der Waals surface area contributed by atoms with Gasteiger partial charge >= 0.3 is 0 Å². The highest BCUT2D eigenvalue weighted by atomic mass is 32.2. The highest BCUT2D eigenvalue weighted by molar-refractivity contribution is 7.98. The molecule has 0 atom stereocenters. The predicted octanol–water partition coefficient (Wildman–Crippen LogP) is 4.11. The summed E-state index contributed by atoms with van der Waals surface area (Å²) in [7, 11) is 3.34. The number of rotatable bonds is 5. The van der Waals surface area contributed by atoms with E-state index in [-0.39, 0.29) is 11.6 Å². The third-order valence-corrected chi connectivity index (χ3v) is 6.34. The molecule has 0 spiro atoms. The summed E-state index contributed by atoms with van der Waals surface area (Å²) in [5.74, 6) is 1.12. The molecule has 6 nitrogen and oxygen atoms in total. The molecule has 27 heavy (non-hydrogen) atoms. The second kappa shape index (κ2) is 7.16. The van der Waals surface area contributed by atoms with Crippen LogP contribution in [0.2, 0.25) is 0 Å². The third-order valence-electron chi connectivity index (χ3n) is 4.13. The minimum absolute atomic E-state index is 0.235. The van der Waals surface area contributed by atoms with E-state index >= 15 is 0 Å². The van der Waals surface area contributed by atoms with Gasteiger partial charge in [0.05, 0.1) is 17.7 Å². The van der Waals surface area contributed by atoms with Crippen LogP contribution in [0.1, 0.15) is 5.56 Å². The Bertz CT molecular complexity index is 1120. The molecular formula is C18H16FN5OS2. The molecule has 4 aromatic rings. The summed E-state index contributed by atoms with van der Waals surface area (Å²) in [5, 5.41) is 10.2. The van der Waals surface area contributed by atoms with Crippen LogP contribution in [0.25, 0.3) is 20.9 Å². The van der Waals surface area contributed by atoms with E-state index in [9.17, 15) is 4.39 Å². The molecule has 0 fully saturated rings. The maximum Gasteiger partial charge on any atom is 0.191 e. The van der Waals surface area contributed by atoms with Gasteiger partial charge in [-0.1, -0.05) is 17.8 Å². The van der Waals surface area contributed by atoms with Gasteiger partial charge in [0.1, 0.15) is 4.83 Å². The first kappa shape index (κ1) is 17.7. The summed E-state index contributed by atoms with van der Waals surface area (Å²) in [6.45, 7) is 0. The van der Waals surface area contributed by atoms with E-state index in [1.807, 2.05) is 29.8 Å². The standard InChI is InChI=1S/C18H16FN5OS2/c1-24-16(15-14(20)11-4-3-7-21-17(11)27-15)22-23-18(24)26-9-10-5-6-13(25-2)12(19)8-10/h3-8H,9,20H2,1-2H3. The van der Waals surface area contributed by atoms with Crippen molar-refractivity contribution in [1.29, 1.82) is 0 Å². The van der Waals surface area contributed by atoms with Gasteiger partial charge in [0.15, 0.2) is 22.5 Å². The molecule has 4 rings (SSSR count). The molecule has 0 aliphatic carbocycles. The number of thiophene rings is 1. The highest BCUT2D eigenvalue weighted by Gasteiger charge is 2.18. The van der Waals surface area contributed by atoms with Crippen LogP contribution >= 0.6 is 23.1 Å². The van der Waals surface area contributed by atoms with Crippen molar-refractivity contribution in [2.45, 2.75) is 10.9 Å². The number of nitrogens with zero attached hydrogens (tertiary/aromatic N) is 4. The van der Waals surface area contributed by atoms with Gasteiger partial charge in [-0.25, -0.2) is 9.37 Å². The fourth-order valence-corrected chi connectivity index (χ4v) is 4.64. The molecule has 138 valence electrons. The molecule has 0 saturated heterocycles. The molecule has 3 heterocycles. The molecule has 0 bridgehead atoms. The average Bonchev–Trinajstić information content (AvgIpc) is 3.20. The van der Waals surface area contributed by atoms with Crippen molar-refractivity contribution in [2.75, 3.05) is 12.8 Å². The fourth-order valence-electron chi connectivity index (χ4n) is 2.70. The van der Waals surface area contributed by atoms with E-state index in [1.165, 1.54) is 36.3 Å². The van der Waals surface area contributed by atoms with Gasteiger partial charge in [-0.15, -0.1) is 21.5 Å². The second-order valence-corrected chi connectivity index (χ2v) is 7.77. The number of fused-ring (bicyclic) bond motifs is 1. The number of thioether (sulfide) groups is 1. The van der Waals surface area contributed by atoms with E-state index in [0.717, 1.165) is 25.8 Å². The van der Waals surface area contributed by atoms with E-state index in [1.54, 1.807) is 12.3 Å². The summed E-state index contributed by atoms with van der Waals surface area (Å²) in [6.07, 6.45) is 1.74. The average molecular weight is 401 g/mol. The second-order valence-electron chi connectivity index (χ2n) is 5.82. The number of nitrogens with two attached hydrogens (primary N) is 1. The normalized spacial score (nSPS) is 11.2. The molecule has 9 heteroatoms. The number of nitrogen functional groups attached to an aromatic ring is 1. The predicted molar refractivity (Wildman–Crippen MR) is 107 cm³/mol. The summed E-state index contributed by atoms with van der Waals surface area (Å²) in [4.78, 5) is 6.07. The highest BCUT2D eigenvalue weighted by Crippen LogP contribution is 2.39. The molecule has 2 N–H and O–H groups in total. The molecule has 0 aliphatic rings. The zero-order chi connectivity index (χ0) is 19.0. The first-order chi connectivity index (χ1) is 13.1. The molecule has 1 aromatic carbocycles. The quantitative estimate of drug-likeness (QED) is 0.507. The van der Waals surface area contributed by atoms with E-state index in [2.05, 4.69) is 15.2 Å². The lowest BCUT2D eigenvalue weighted by molar-refractivity contribution is 0.386. The van der Waals surface area contributed by atoms with Crippen molar-refractivity contribution in [3.05, 3.63) is 47.9 Å². The van der Waals surface area contributed by atoms with Crippen LogP contribution in [0, 0.1) is 5.82 Å². The van der Waals surface area contributed by atoms with E-state index in [0.29, 0.717) is 17.3 Å². The first-order valence-corrected chi connectivity index (χ1v) is 9.86. The minimum atomic E-state index is -0.375. The summed E-state index contributed by atoms with van der Waals surface area (Å²) >= 11 is 2.97. The largest absolute Gasteiger partial charge is 0.494 e. The van der Waals surface area contributed by atoms with Gasteiger partial charge in [0.2, 0.25) is 0 Å². The van der Waals surface area contributed by atoms with Crippen LogP contribution in [0.5, 0.6) is 5.75 Å². The molecule has 3 aromatic heterocycles. The number of anilines is 1. The molecule has 0 unspecified atom stereocenters. The number of hydrogen-bond acceptors (Lipinski definition) is 7. The van der Waals surface area contributed by atoms with Crippen LogP contribution in [-0.4, -0.2) is 26.9 Å². The van der Waals surface area contributed by atoms with Crippen LogP contribution in [0.4, 0.5) is 10.1 Å². The number of hydrogen-bond donors (Lipinski definition) is 1. The molecule has 0 saturated carbocycles. The Hall–Kier alpha value is -2.65. The maximum absolute atomic E-state index is 13.8. The topological polar surface area (TPSA) is 78.8 Å². The van der Waals surface area contributed by atoms with Crippen molar-refractivity contribution < 1.29 is 9.13 Å². The van der Waals surface area contributed by atoms with Gasteiger partial charge in [0.25, 0.3) is 0 Å². The molecule has 0 radical (unpaired) electrons. The molecule has 0 aliphatic heterocycles. The van der Waals surface area contributed by atoms with Crippen LogP contribution < -0.4 is 10.5 Å². The van der Waals surface area contributed by atoms with Gasteiger partial charge in [-0.2, -0.15) is 0 Å². The zero-order valence-electron chi connectivity index (χ0n) is 14.6. The van der Waals surface area contributed by atoms with Gasteiger partial charge in [0, 0.05) is 24.4 Å². The lowest BCUT2D eigenvalue weighted by Crippen LogP contribution is -1.96. The number of methoxy groups -OCH3 is 1. The summed E-state index contributed by atoms with van der Waals surface area (Å²) in [5.41, 5.74) is 7.79. The number of ether oxygens (including phenoxy) is 1. The van der Waals surface area contributed by atoms with Gasteiger partial charge < -0.3 is 15.0 Å². The molecule has 0 amide bonds. The Balaban J connectivity index is 1.58. The van der Waals surface area contributed by atoms with Gasteiger partial charge in [-0.05, 0) is 29.8 Å². The number of halogens is 1. The Morgan fingerprint density at radius 1 is 1.30 bits per heavy atom. The lowest BCUT2D eigenvalue weighted by atomic mass is 10.2. The van der Waals surface area contributed by atoms with Crippen molar-refractivity contribution >= 4 is 39.0 Å². The Labute approximate surface area is 163 Å². The Morgan fingerprint density at radius 3 is 2.89 bits per heavy atom. The monoisotopic (exact) mass is 401 g/mol. The summed E-state index contributed by atoms with van der Waals surface area (Å²) in [6, 6.07) is 8.74. The third kappa shape index (κ3) is 3.24. The zero-order valence-corrected chi connectivity index (χ0v) is 16.3. The van der Waals surface area contributed by atoms with Crippen LogP contribution in [0.3, 0.4) is 0 Å². The Kier molecular flexibility index (Phi) is 4.71. The fraction of sp³-hybridized carbons (Fsp3) is 0.167. The van der Waals surface area contributed by atoms with Crippen molar-refractivity contribution in [1.82, 2.24) is 19.7 Å². The van der Waals surface area contributed by atoms with Gasteiger partial charge in [-0.3, -0.25) is 0 Å². The molecular weight excluding hydrogens is 385 g/mol. The van der Waals surface area contributed by atoms with Crippen LogP contribution in [0.15, 0.2) is 41.7 Å². The lowest BCUT2D eigenvalue weighted by Gasteiger charge is -2.06. The summed E-state index contributed by atoms with van der Waals surface area (Å²) < 4.78 is 20.7. The van der Waals surface area contributed by atoms with Crippen molar-refractivity contribution in [3.8, 4) is 16.5 Å². The number of pyridine rings is 1. The van der Waals surface area contributed by atoms with E-state index in [4.69, 9.17) is 10.5 Å². The first-order valence-electron chi connectivity index (χ1n) is 8.06.